The second-order valence-corrected chi connectivity index (χ2v) is 6.98. The second-order valence-electron chi connectivity index (χ2n) is 6.98. The molecule has 6 heteroatoms. The molecule has 2 amide bonds. The number of rotatable bonds is 1. The van der Waals surface area contributed by atoms with Gasteiger partial charge in [-0.3, -0.25) is 4.79 Å². The van der Waals surface area contributed by atoms with Gasteiger partial charge in [-0.05, 0) is 39.3 Å². The van der Waals surface area contributed by atoms with Crippen molar-refractivity contribution in [1.82, 2.24) is 9.80 Å². The lowest BCUT2D eigenvalue weighted by molar-refractivity contribution is 0.0268. The van der Waals surface area contributed by atoms with Crippen LogP contribution in [0.15, 0.2) is 22.8 Å². The molecule has 2 saturated heterocycles. The normalized spacial score (nSPS) is 24.5. The highest BCUT2D eigenvalue weighted by Gasteiger charge is 2.46. The summed E-state index contributed by atoms with van der Waals surface area (Å²) in [5.74, 6) is 0.589. The average Bonchev–Trinajstić information content (AvgIpc) is 3.12. The van der Waals surface area contributed by atoms with Crippen molar-refractivity contribution in [2.24, 2.45) is 5.92 Å². The summed E-state index contributed by atoms with van der Waals surface area (Å²) in [5, 5.41) is 0. The molecule has 0 aliphatic carbocycles. The van der Waals surface area contributed by atoms with Crippen LogP contribution in [0.25, 0.3) is 0 Å². The Bertz CT molecular complexity index is 561. The fraction of sp³-hybridized carbons (Fsp3) is 0.625. The lowest BCUT2D eigenvalue weighted by atomic mass is 10.1. The molecule has 0 bridgehead atoms. The van der Waals surface area contributed by atoms with Crippen LogP contribution < -0.4 is 0 Å². The summed E-state index contributed by atoms with van der Waals surface area (Å²) in [7, 11) is 0. The average molecular weight is 306 g/mol. The molecule has 0 radical (unpaired) electrons. The summed E-state index contributed by atoms with van der Waals surface area (Å²) in [5.41, 5.74) is -0.502. The fourth-order valence-corrected chi connectivity index (χ4v) is 3.23. The molecule has 0 N–H and O–H groups in total. The first-order chi connectivity index (χ1) is 10.3. The highest BCUT2D eigenvalue weighted by molar-refractivity contribution is 5.92. The maximum absolute atomic E-state index is 12.5. The van der Waals surface area contributed by atoms with Gasteiger partial charge in [-0.25, -0.2) is 4.79 Å². The molecule has 0 aromatic carbocycles. The van der Waals surface area contributed by atoms with E-state index in [9.17, 15) is 9.59 Å². The monoisotopic (exact) mass is 306 g/mol. The molecule has 6 nitrogen and oxygen atoms in total. The lowest BCUT2D eigenvalue weighted by Gasteiger charge is -2.26. The Kier molecular flexibility index (Phi) is 3.62. The van der Waals surface area contributed by atoms with E-state index in [0.29, 0.717) is 24.8 Å². The van der Waals surface area contributed by atoms with E-state index in [1.807, 2.05) is 25.7 Å². The molecule has 22 heavy (non-hydrogen) atoms. The van der Waals surface area contributed by atoms with Crippen LogP contribution in [-0.4, -0.2) is 53.1 Å². The molecule has 120 valence electrons. The summed E-state index contributed by atoms with van der Waals surface area (Å²) in [4.78, 5) is 28.2. The number of hydrogen-bond acceptors (Lipinski definition) is 4. The van der Waals surface area contributed by atoms with E-state index in [1.165, 1.54) is 6.26 Å². The van der Waals surface area contributed by atoms with Crippen molar-refractivity contribution in [3.05, 3.63) is 24.2 Å². The van der Waals surface area contributed by atoms with Crippen LogP contribution >= 0.6 is 0 Å². The molecule has 3 heterocycles. The Morgan fingerprint density at radius 2 is 2.09 bits per heavy atom. The zero-order chi connectivity index (χ0) is 15.9. The zero-order valence-electron chi connectivity index (χ0n) is 13.2. The van der Waals surface area contributed by atoms with Gasteiger partial charge in [0.15, 0.2) is 5.76 Å². The smallest absolute Gasteiger partial charge is 0.410 e. The summed E-state index contributed by atoms with van der Waals surface area (Å²) < 4.78 is 10.6. The van der Waals surface area contributed by atoms with Crippen LogP contribution in [0.1, 0.15) is 37.7 Å². The lowest BCUT2D eigenvalue weighted by Crippen LogP contribution is -2.41. The third kappa shape index (κ3) is 2.82. The van der Waals surface area contributed by atoms with Gasteiger partial charge in [0, 0.05) is 25.6 Å². The second kappa shape index (κ2) is 5.34. The first-order valence-electron chi connectivity index (χ1n) is 7.67. The minimum atomic E-state index is -0.502. The highest BCUT2D eigenvalue weighted by Crippen LogP contribution is 2.33. The van der Waals surface area contributed by atoms with E-state index in [0.717, 1.165) is 13.0 Å². The maximum Gasteiger partial charge on any atom is 0.410 e. The minimum absolute atomic E-state index is 0.0603. The van der Waals surface area contributed by atoms with Gasteiger partial charge >= 0.3 is 6.09 Å². The van der Waals surface area contributed by atoms with E-state index in [2.05, 4.69) is 0 Å². The Labute approximate surface area is 130 Å². The van der Waals surface area contributed by atoms with Crippen molar-refractivity contribution in [1.29, 1.82) is 0 Å². The van der Waals surface area contributed by atoms with Crippen molar-refractivity contribution in [2.45, 2.75) is 38.8 Å². The predicted octanol–water partition coefficient (Wildman–Crippen LogP) is 2.36. The Balaban J connectivity index is 1.66. The fourth-order valence-electron chi connectivity index (χ4n) is 3.23. The molecule has 2 unspecified atom stereocenters. The van der Waals surface area contributed by atoms with Gasteiger partial charge in [0.25, 0.3) is 5.91 Å². The molecule has 1 aromatic rings. The van der Waals surface area contributed by atoms with Crippen LogP contribution in [0.4, 0.5) is 4.79 Å². The largest absolute Gasteiger partial charge is 0.459 e. The van der Waals surface area contributed by atoms with E-state index in [4.69, 9.17) is 9.15 Å². The SMILES string of the molecule is CC(C)(C)OC(=O)N1CC2CCN(C(=O)c3ccco3)C2C1. The zero-order valence-corrected chi connectivity index (χ0v) is 13.2. The first-order valence-corrected chi connectivity index (χ1v) is 7.67. The van der Waals surface area contributed by atoms with E-state index >= 15 is 0 Å². The van der Waals surface area contributed by atoms with Crippen LogP contribution in [0.5, 0.6) is 0 Å². The topological polar surface area (TPSA) is 63.0 Å². The molecule has 3 rings (SSSR count). The molecular formula is C16H22N2O4. The number of hydrogen-bond donors (Lipinski definition) is 0. The number of carbonyl (C=O) groups is 2. The molecule has 2 aliphatic heterocycles. The van der Waals surface area contributed by atoms with Crippen LogP contribution in [0.2, 0.25) is 0 Å². The molecule has 2 atom stereocenters. The van der Waals surface area contributed by atoms with Gasteiger partial charge in [-0.2, -0.15) is 0 Å². The Morgan fingerprint density at radius 1 is 1.32 bits per heavy atom. The standard InChI is InChI=1S/C16H22N2O4/c1-16(2,3)22-15(20)17-9-11-6-7-18(12(11)10-17)14(19)13-5-4-8-21-13/h4-5,8,11-12H,6-7,9-10H2,1-3H3. The van der Waals surface area contributed by atoms with Gasteiger partial charge in [-0.15, -0.1) is 0 Å². The van der Waals surface area contributed by atoms with Gasteiger partial charge in [0.05, 0.1) is 12.3 Å². The molecule has 1 aromatic heterocycles. The van der Waals surface area contributed by atoms with Gasteiger partial charge in [0.2, 0.25) is 0 Å². The van der Waals surface area contributed by atoms with E-state index in [-0.39, 0.29) is 18.0 Å². The maximum atomic E-state index is 12.5. The number of furan rings is 1. The van der Waals surface area contributed by atoms with E-state index in [1.54, 1.807) is 17.0 Å². The summed E-state index contributed by atoms with van der Waals surface area (Å²) >= 11 is 0. The molecule has 2 aliphatic rings. The van der Waals surface area contributed by atoms with Crippen molar-refractivity contribution in [2.75, 3.05) is 19.6 Å². The molecular weight excluding hydrogens is 284 g/mol. The predicted molar refractivity (Wildman–Crippen MR) is 79.4 cm³/mol. The number of fused-ring (bicyclic) bond motifs is 1. The number of nitrogens with zero attached hydrogens (tertiary/aromatic N) is 2. The van der Waals surface area contributed by atoms with Crippen molar-refractivity contribution >= 4 is 12.0 Å². The summed E-state index contributed by atoms with van der Waals surface area (Å²) in [6.45, 7) is 7.47. The number of likely N-dealkylation sites (tertiary alicyclic amines) is 2. The minimum Gasteiger partial charge on any atom is -0.459 e. The Hall–Kier alpha value is -1.98. The third-order valence-corrected chi connectivity index (χ3v) is 4.19. The number of amides is 2. The Morgan fingerprint density at radius 3 is 2.73 bits per heavy atom. The van der Waals surface area contributed by atoms with Gasteiger partial charge in [0.1, 0.15) is 5.60 Å². The van der Waals surface area contributed by atoms with Crippen molar-refractivity contribution < 1.29 is 18.7 Å². The quantitative estimate of drug-likeness (QED) is 0.799. The van der Waals surface area contributed by atoms with E-state index < -0.39 is 5.60 Å². The number of carbonyl (C=O) groups excluding carboxylic acids is 2. The van der Waals surface area contributed by atoms with Crippen molar-refractivity contribution in [3.63, 3.8) is 0 Å². The van der Waals surface area contributed by atoms with Gasteiger partial charge < -0.3 is 19.0 Å². The number of ether oxygens (including phenoxy) is 1. The summed E-state index contributed by atoms with van der Waals surface area (Å²) in [6.07, 6.45) is 2.12. The first kappa shape index (κ1) is 14.9. The highest BCUT2D eigenvalue weighted by atomic mass is 16.6. The molecule has 0 saturated carbocycles. The molecule has 2 fully saturated rings. The third-order valence-electron chi connectivity index (χ3n) is 4.19. The van der Waals surface area contributed by atoms with Crippen molar-refractivity contribution in [3.8, 4) is 0 Å². The van der Waals surface area contributed by atoms with Crippen LogP contribution in [0.3, 0.4) is 0 Å². The van der Waals surface area contributed by atoms with Gasteiger partial charge in [-0.1, -0.05) is 0 Å². The van der Waals surface area contributed by atoms with Crippen LogP contribution in [-0.2, 0) is 4.74 Å². The molecule has 0 spiro atoms. The summed E-state index contributed by atoms with van der Waals surface area (Å²) in [6, 6.07) is 3.45. The van der Waals surface area contributed by atoms with Crippen LogP contribution in [0, 0.1) is 5.92 Å².